The highest BCUT2D eigenvalue weighted by molar-refractivity contribution is 7.08. The third-order valence-electron chi connectivity index (χ3n) is 2.59. The van der Waals surface area contributed by atoms with Gasteiger partial charge in [0.15, 0.2) is 0 Å². The zero-order chi connectivity index (χ0) is 15.1. The first-order valence-electron chi connectivity index (χ1n) is 6.21. The molecular formula is C14H13ClN2O3S. The molecule has 0 saturated carbocycles. The second-order valence-corrected chi connectivity index (χ2v) is 5.34. The number of nitrogens with zero attached hydrogens (tertiary/aromatic N) is 1. The predicted molar refractivity (Wildman–Crippen MR) is 80.3 cm³/mol. The molecule has 1 N–H and O–H groups in total. The Balaban J connectivity index is 1.66. The largest absolute Gasteiger partial charge is 0.461 e. The maximum absolute atomic E-state index is 11.6. The summed E-state index contributed by atoms with van der Waals surface area (Å²) >= 11 is 7.10. The number of aromatic nitrogens is 1. The molecule has 0 saturated heterocycles. The van der Waals surface area contributed by atoms with Gasteiger partial charge in [0.05, 0.1) is 6.42 Å². The van der Waals surface area contributed by atoms with Crippen LogP contribution in [-0.4, -0.2) is 23.4 Å². The van der Waals surface area contributed by atoms with E-state index >= 15 is 0 Å². The first-order chi connectivity index (χ1) is 10.1. The minimum atomic E-state index is -0.379. The van der Waals surface area contributed by atoms with E-state index < -0.39 is 0 Å². The molecule has 0 fully saturated rings. The zero-order valence-corrected chi connectivity index (χ0v) is 12.6. The summed E-state index contributed by atoms with van der Waals surface area (Å²) in [4.78, 5) is 27.0. The number of nitrogens with one attached hydrogen (secondary N) is 1. The number of carbonyl (C=O) groups excluding carboxylic acids is 2. The number of hydrogen-bond donors (Lipinski definition) is 1. The van der Waals surface area contributed by atoms with Crippen molar-refractivity contribution in [2.45, 2.75) is 13.0 Å². The average Bonchev–Trinajstić information content (AvgIpc) is 3.01. The van der Waals surface area contributed by atoms with Crippen LogP contribution in [0.2, 0.25) is 5.15 Å². The first-order valence-corrected chi connectivity index (χ1v) is 7.53. The maximum Gasteiger partial charge on any atom is 0.307 e. The molecule has 5 nitrogen and oxygen atoms in total. The van der Waals surface area contributed by atoms with Gasteiger partial charge in [-0.15, -0.1) is 0 Å². The molecule has 110 valence electrons. The standard InChI is InChI=1S/C14H13ClN2O3S/c15-12-2-1-10(7-17-12)8-20-13(18)3-5-16-14(19)11-4-6-21-9-11/h1-2,4,6-7,9H,3,5,8H2,(H,16,19). The van der Waals surface area contributed by atoms with E-state index in [1.54, 1.807) is 29.8 Å². The van der Waals surface area contributed by atoms with Gasteiger partial charge < -0.3 is 10.1 Å². The van der Waals surface area contributed by atoms with Gasteiger partial charge in [0, 0.05) is 29.2 Å². The Morgan fingerprint density at radius 3 is 2.86 bits per heavy atom. The van der Waals surface area contributed by atoms with Crippen molar-refractivity contribution in [1.82, 2.24) is 10.3 Å². The van der Waals surface area contributed by atoms with Crippen LogP contribution in [0.3, 0.4) is 0 Å². The number of rotatable bonds is 6. The molecule has 0 aromatic carbocycles. The van der Waals surface area contributed by atoms with Crippen molar-refractivity contribution in [3.8, 4) is 0 Å². The summed E-state index contributed by atoms with van der Waals surface area (Å²) in [5.74, 6) is -0.568. The fraction of sp³-hybridized carbons (Fsp3) is 0.214. The smallest absolute Gasteiger partial charge is 0.307 e. The second kappa shape index (κ2) is 7.75. The Hall–Kier alpha value is -1.92. The van der Waals surface area contributed by atoms with Crippen LogP contribution in [0.4, 0.5) is 0 Å². The minimum Gasteiger partial charge on any atom is -0.461 e. The molecule has 2 aromatic heterocycles. The lowest BCUT2D eigenvalue weighted by atomic mass is 10.3. The number of ether oxygens (including phenoxy) is 1. The summed E-state index contributed by atoms with van der Waals surface area (Å²) < 4.78 is 5.07. The molecule has 21 heavy (non-hydrogen) atoms. The van der Waals surface area contributed by atoms with Gasteiger partial charge in [-0.05, 0) is 17.5 Å². The van der Waals surface area contributed by atoms with Crippen LogP contribution in [-0.2, 0) is 16.1 Å². The molecule has 0 unspecified atom stereocenters. The molecule has 2 rings (SSSR count). The van der Waals surface area contributed by atoms with Crippen molar-refractivity contribution >= 4 is 34.8 Å². The van der Waals surface area contributed by atoms with Gasteiger partial charge in [-0.25, -0.2) is 4.98 Å². The number of amides is 1. The third kappa shape index (κ3) is 5.17. The van der Waals surface area contributed by atoms with E-state index in [0.717, 1.165) is 5.56 Å². The van der Waals surface area contributed by atoms with E-state index in [4.69, 9.17) is 16.3 Å². The van der Waals surface area contributed by atoms with Crippen LogP contribution < -0.4 is 5.32 Å². The van der Waals surface area contributed by atoms with Gasteiger partial charge in [-0.3, -0.25) is 9.59 Å². The van der Waals surface area contributed by atoms with Gasteiger partial charge >= 0.3 is 5.97 Å². The van der Waals surface area contributed by atoms with Crippen LogP contribution in [0.1, 0.15) is 22.3 Å². The molecule has 2 heterocycles. The van der Waals surface area contributed by atoms with E-state index in [0.29, 0.717) is 10.7 Å². The van der Waals surface area contributed by atoms with E-state index in [2.05, 4.69) is 10.3 Å². The molecule has 7 heteroatoms. The van der Waals surface area contributed by atoms with Crippen LogP contribution in [0.15, 0.2) is 35.2 Å². The number of pyridine rings is 1. The summed E-state index contributed by atoms with van der Waals surface area (Å²) in [6, 6.07) is 5.10. The van der Waals surface area contributed by atoms with Gasteiger partial charge in [0.1, 0.15) is 11.8 Å². The lowest BCUT2D eigenvalue weighted by Crippen LogP contribution is -2.26. The molecule has 0 atom stereocenters. The summed E-state index contributed by atoms with van der Waals surface area (Å²) in [7, 11) is 0. The van der Waals surface area contributed by atoms with Gasteiger partial charge in [0.2, 0.25) is 0 Å². The Labute approximate surface area is 130 Å². The number of hydrogen-bond acceptors (Lipinski definition) is 5. The first kappa shape index (κ1) is 15.5. The van der Waals surface area contributed by atoms with Crippen molar-refractivity contribution in [2.75, 3.05) is 6.54 Å². The quantitative estimate of drug-likeness (QED) is 0.655. The fourth-order valence-corrected chi connectivity index (χ4v) is 2.25. The summed E-state index contributed by atoms with van der Waals surface area (Å²) in [5, 5.41) is 6.62. The zero-order valence-electron chi connectivity index (χ0n) is 11.0. The lowest BCUT2D eigenvalue weighted by molar-refractivity contribution is -0.144. The second-order valence-electron chi connectivity index (χ2n) is 4.17. The molecule has 0 aliphatic carbocycles. The average molecular weight is 325 g/mol. The van der Waals surface area contributed by atoms with Crippen molar-refractivity contribution in [2.24, 2.45) is 0 Å². The predicted octanol–water partition coefficient (Wildman–Crippen LogP) is 2.66. The molecule has 1 amide bonds. The van der Waals surface area contributed by atoms with Gasteiger partial charge in [0.25, 0.3) is 5.91 Å². The number of esters is 1. The SMILES string of the molecule is O=C(CCNC(=O)c1ccsc1)OCc1ccc(Cl)nc1. The van der Waals surface area contributed by atoms with E-state index in [9.17, 15) is 9.59 Å². The Bertz CT molecular complexity index is 599. The maximum atomic E-state index is 11.6. The molecule has 2 aromatic rings. The fourth-order valence-electron chi connectivity index (χ4n) is 1.50. The molecule has 0 aliphatic rings. The number of thiophene rings is 1. The molecule has 0 bridgehead atoms. The highest BCUT2D eigenvalue weighted by Crippen LogP contribution is 2.07. The Kier molecular flexibility index (Phi) is 5.71. The molecule has 0 aliphatic heterocycles. The van der Waals surface area contributed by atoms with Gasteiger partial charge in [-0.2, -0.15) is 11.3 Å². The van der Waals surface area contributed by atoms with Crippen LogP contribution in [0.25, 0.3) is 0 Å². The lowest BCUT2D eigenvalue weighted by Gasteiger charge is -2.06. The van der Waals surface area contributed by atoms with Crippen LogP contribution in [0.5, 0.6) is 0 Å². The molecule has 0 radical (unpaired) electrons. The highest BCUT2D eigenvalue weighted by Gasteiger charge is 2.07. The summed E-state index contributed by atoms with van der Waals surface area (Å²) in [5.41, 5.74) is 1.36. The Morgan fingerprint density at radius 1 is 1.33 bits per heavy atom. The highest BCUT2D eigenvalue weighted by atomic mass is 35.5. The van der Waals surface area contributed by atoms with E-state index in [-0.39, 0.29) is 31.4 Å². The van der Waals surface area contributed by atoms with Crippen LogP contribution in [0, 0.1) is 0 Å². The molecule has 0 spiro atoms. The van der Waals surface area contributed by atoms with E-state index in [1.165, 1.54) is 11.3 Å². The monoisotopic (exact) mass is 324 g/mol. The topological polar surface area (TPSA) is 68.3 Å². The van der Waals surface area contributed by atoms with Crippen molar-refractivity contribution < 1.29 is 14.3 Å². The summed E-state index contributed by atoms with van der Waals surface area (Å²) in [6.07, 6.45) is 1.67. The Morgan fingerprint density at radius 2 is 2.19 bits per heavy atom. The van der Waals surface area contributed by atoms with E-state index in [1.807, 2.05) is 5.38 Å². The van der Waals surface area contributed by atoms with Crippen molar-refractivity contribution in [1.29, 1.82) is 0 Å². The third-order valence-corrected chi connectivity index (χ3v) is 3.49. The number of carbonyl (C=O) groups is 2. The van der Waals surface area contributed by atoms with Crippen molar-refractivity contribution in [3.05, 3.63) is 51.4 Å². The normalized spacial score (nSPS) is 10.1. The summed E-state index contributed by atoms with van der Waals surface area (Å²) in [6.45, 7) is 0.383. The molecular weight excluding hydrogens is 312 g/mol. The minimum absolute atomic E-state index is 0.122. The van der Waals surface area contributed by atoms with Crippen LogP contribution >= 0.6 is 22.9 Å². The number of halogens is 1. The van der Waals surface area contributed by atoms with Gasteiger partial charge in [-0.1, -0.05) is 17.7 Å². The van der Waals surface area contributed by atoms with Crippen molar-refractivity contribution in [3.63, 3.8) is 0 Å².